The molecular weight excluding hydrogens is 178 g/mol. The molecule has 0 aliphatic carbocycles. The maximum Gasteiger partial charge on any atom is 0.246 e. The topological polar surface area (TPSA) is 59.4 Å². The van der Waals surface area contributed by atoms with E-state index in [9.17, 15) is 0 Å². The summed E-state index contributed by atoms with van der Waals surface area (Å²) in [4.78, 5) is 4.04. The summed E-state index contributed by atoms with van der Waals surface area (Å²) >= 11 is 0. The average molecular weight is 185 g/mol. The molecule has 1 aromatic carbocycles. The molecule has 68 valence electrons. The van der Waals surface area contributed by atoms with Gasteiger partial charge >= 0.3 is 0 Å². The van der Waals surface area contributed by atoms with Crippen LogP contribution >= 0.6 is 0 Å². The van der Waals surface area contributed by atoms with Gasteiger partial charge in [0.1, 0.15) is 6.33 Å². The fourth-order valence-electron chi connectivity index (χ4n) is 1.44. The van der Waals surface area contributed by atoms with Crippen molar-refractivity contribution in [1.82, 2.24) is 25.0 Å². The van der Waals surface area contributed by atoms with E-state index < -0.39 is 0 Å². The third-order valence-electron chi connectivity index (χ3n) is 2.08. The summed E-state index contributed by atoms with van der Waals surface area (Å²) in [6.45, 7) is 0. The Kier molecular flexibility index (Phi) is 1.38. The zero-order chi connectivity index (χ0) is 9.38. The van der Waals surface area contributed by atoms with Gasteiger partial charge in [-0.3, -0.25) is 0 Å². The number of hydrogen-bond donors (Lipinski definition) is 1. The standard InChI is InChI=1S/C9H7N5/c1-2-4-8-7(3-1)5-12-14(8)9-10-6-11-13-9/h1-6H,(H,10,11,13). The first kappa shape index (κ1) is 7.25. The molecule has 3 rings (SSSR count). The molecular formula is C9H7N5. The van der Waals surface area contributed by atoms with Crippen molar-refractivity contribution in [3.8, 4) is 5.95 Å². The monoisotopic (exact) mass is 185 g/mol. The van der Waals surface area contributed by atoms with E-state index in [1.54, 1.807) is 10.9 Å². The van der Waals surface area contributed by atoms with Crippen LogP contribution in [0.25, 0.3) is 16.9 Å². The second-order valence-corrected chi connectivity index (χ2v) is 2.92. The Balaban J connectivity index is 2.33. The zero-order valence-corrected chi connectivity index (χ0v) is 7.25. The van der Waals surface area contributed by atoms with Crippen LogP contribution in [0.1, 0.15) is 0 Å². The van der Waals surface area contributed by atoms with Gasteiger partial charge in [0.25, 0.3) is 0 Å². The highest BCUT2D eigenvalue weighted by Gasteiger charge is 2.04. The Morgan fingerprint density at radius 3 is 3.00 bits per heavy atom. The van der Waals surface area contributed by atoms with Crippen molar-refractivity contribution in [2.45, 2.75) is 0 Å². The molecule has 0 atom stereocenters. The average Bonchev–Trinajstić information content (AvgIpc) is 2.85. The number of aromatic amines is 1. The predicted molar refractivity (Wildman–Crippen MR) is 51.0 cm³/mol. The number of fused-ring (bicyclic) bond motifs is 1. The number of nitrogens with one attached hydrogen (secondary N) is 1. The Hall–Kier alpha value is -2.17. The summed E-state index contributed by atoms with van der Waals surface area (Å²) in [7, 11) is 0. The molecule has 0 spiro atoms. The molecule has 14 heavy (non-hydrogen) atoms. The van der Waals surface area contributed by atoms with Gasteiger partial charge in [0.2, 0.25) is 5.95 Å². The lowest BCUT2D eigenvalue weighted by molar-refractivity contribution is 0.838. The van der Waals surface area contributed by atoms with Crippen molar-refractivity contribution in [3.05, 3.63) is 36.8 Å². The minimum Gasteiger partial charge on any atom is -0.244 e. The molecule has 1 N–H and O–H groups in total. The van der Waals surface area contributed by atoms with Gasteiger partial charge in [-0.15, -0.1) is 0 Å². The predicted octanol–water partition coefficient (Wildman–Crippen LogP) is 1.14. The summed E-state index contributed by atoms with van der Waals surface area (Å²) < 4.78 is 1.72. The molecule has 0 fully saturated rings. The Morgan fingerprint density at radius 2 is 2.14 bits per heavy atom. The van der Waals surface area contributed by atoms with E-state index in [0.29, 0.717) is 5.95 Å². The molecule has 0 aliphatic heterocycles. The van der Waals surface area contributed by atoms with Crippen molar-refractivity contribution in [2.24, 2.45) is 0 Å². The molecule has 0 aliphatic rings. The summed E-state index contributed by atoms with van der Waals surface area (Å²) in [5, 5.41) is 11.9. The van der Waals surface area contributed by atoms with Gasteiger partial charge in [-0.1, -0.05) is 18.2 Å². The van der Waals surface area contributed by atoms with Crippen LogP contribution in [0.2, 0.25) is 0 Å². The second kappa shape index (κ2) is 2.66. The molecule has 0 radical (unpaired) electrons. The fraction of sp³-hybridized carbons (Fsp3) is 0. The van der Waals surface area contributed by atoms with Crippen molar-refractivity contribution in [2.75, 3.05) is 0 Å². The van der Waals surface area contributed by atoms with Crippen molar-refractivity contribution in [3.63, 3.8) is 0 Å². The fourth-order valence-corrected chi connectivity index (χ4v) is 1.44. The van der Waals surface area contributed by atoms with E-state index in [-0.39, 0.29) is 0 Å². The van der Waals surface area contributed by atoms with Crippen LogP contribution in [0.5, 0.6) is 0 Å². The highest BCUT2D eigenvalue weighted by atomic mass is 15.4. The molecule has 0 bridgehead atoms. The largest absolute Gasteiger partial charge is 0.246 e. The minimum absolute atomic E-state index is 0.631. The highest BCUT2D eigenvalue weighted by Crippen LogP contribution is 2.14. The first-order valence-corrected chi connectivity index (χ1v) is 4.24. The Morgan fingerprint density at radius 1 is 1.21 bits per heavy atom. The van der Waals surface area contributed by atoms with E-state index >= 15 is 0 Å². The van der Waals surface area contributed by atoms with Crippen molar-refractivity contribution in [1.29, 1.82) is 0 Å². The number of aromatic nitrogens is 5. The Labute approximate surface area is 79.4 Å². The molecule has 5 nitrogen and oxygen atoms in total. The third kappa shape index (κ3) is 0.922. The van der Waals surface area contributed by atoms with Gasteiger partial charge in [-0.2, -0.15) is 19.9 Å². The van der Waals surface area contributed by atoms with Gasteiger partial charge < -0.3 is 0 Å². The lowest BCUT2D eigenvalue weighted by atomic mass is 10.3. The lowest BCUT2D eigenvalue weighted by Crippen LogP contribution is -1.97. The van der Waals surface area contributed by atoms with Gasteiger partial charge in [-0.25, -0.2) is 5.10 Å². The van der Waals surface area contributed by atoms with Crippen molar-refractivity contribution < 1.29 is 0 Å². The van der Waals surface area contributed by atoms with E-state index in [4.69, 9.17) is 0 Å². The van der Waals surface area contributed by atoms with Gasteiger partial charge in [0.15, 0.2) is 0 Å². The van der Waals surface area contributed by atoms with E-state index in [2.05, 4.69) is 20.3 Å². The first-order valence-electron chi connectivity index (χ1n) is 4.24. The number of hydrogen-bond acceptors (Lipinski definition) is 3. The first-order chi connectivity index (χ1) is 6.95. The summed E-state index contributed by atoms with van der Waals surface area (Å²) in [6.07, 6.45) is 3.27. The number of rotatable bonds is 1. The maximum absolute atomic E-state index is 4.22. The molecule has 2 aromatic heterocycles. The smallest absolute Gasteiger partial charge is 0.244 e. The molecule has 3 aromatic rings. The maximum atomic E-state index is 4.22. The Bertz CT molecular complexity index is 551. The molecule has 0 amide bonds. The number of para-hydroxylation sites is 1. The van der Waals surface area contributed by atoms with Crippen LogP contribution in [0.4, 0.5) is 0 Å². The lowest BCUT2D eigenvalue weighted by Gasteiger charge is -1.96. The minimum atomic E-state index is 0.631. The number of benzene rings is 1. The summed E-state index contributed by atoms with van der Waals surface area (Å²) in [6, 6.07) is 7.95. The summed E-state index contributed by atoms with van der Waals surface area (Å²) in [5.74, 6) is 0.631. The van der Waals surface area contributed by atoms with Gasteiger partial charge in [-0.05, 0) is 6.07 Å². The van der Waals surface area contributed by atoms with Crippen LogP contribution in [-0.4, -0.2) is 25.0 Å². The normalized spacial score (nSPS) is 10.9. The summed E-state index contributed by atoms with van der Waals surface area (Å²) in [5.41, 5.74) is 1.02. The van der Waals surface area contributed by atoms with Crippen LogP contribution in [0.15, 0.2) is 36.8 Å². The van der Waals surface area contributed by atoms with Gasteiger partial charge in [0, 0.05) is 5.39 Å². The van der Waals surface area contributed by atoms with Gasteiger partial charge in [0.05, 0.1) is 11.7 Å². The van der Waals surface area contributed by atoms with Crippen LogP contribution < -0.4 is 0 Å². The molecule has 5 heteroatoms. The van der Waals surface area contributed by atoms with Crippen molar-refractivity contribution >= 4 is 10.9 Å². The number of H-pyrrole nitrogens is 1. The quantitative estimate of drug-likeness (QED) is 0.618. The van der Waals surface area contributed by atoms with E-state index in [1.807, 2.05) is 24.3 Å². The molecule has 0 saturated carbocycles. The van der Waals surface area contributed by atoms with Crippen LogP contribution in [0, 0.1) is 0 Å². The van der Waals surface area contributed by atoms with E-state index in [1.165, 1.54) is 6.33 Å². The highest BCUT2D eigenvalue weighted by molar-refractivity contribution is 5.79. The molecule has 0 unspecified atom stereocenters. The molecule has 0 saturated heterocycles. The second-order valence-electron chi connectivity index (χ2n) is 2.92. The number of nitrogens with zero attached hydrogens (tertiary/aromatic N) is 4. The van der Waals surface area contributed by atoms with Crippen LogP contribution in [-0.2, 0) is 0 Å². The van der Waals surface area contributed by atoms with E-state index in [0.717, 1.165) is 10.9 Å². The third-order valence-corrected chi connectivity index (χ3v) is 2.08. The molecule has 2 heterocycles. The SMILES string of the molecule is c1ccc2c(c1)cnn2-c1ncn[nH]1. The zero-order valence-electron chi connectivity index (χ0n) is 7.25. The van der Waals surface area contributed by atoms with Crippen LogP contribution in [0.3, 0.4) is 0 Å².